The first-order valence-electron chi connectivity index (χ1n) is 10.2. The van der Waals surface area contributed by atoms with E-state index in [1.807, 2.05) is 67.6 Å². The normalized spacial score (nSPS) is 10.8. The molecule has 0 fully saturated rings. The van der Waals surface area contributed by atoms with E-state index in [1.165, 1.54) is 12.3 Å². The smallest absolute Gasteiger partial charge is 0.259 e. The van der Waals surface area contributed by atoms with Crippen molar-refractivity contribution in [3.05, 3.63) is 95.6 Å². The maximum atomic E-state index is 12.9. The molecule has 3 aromatic rings. The summed E-state index contributed by atoms with van der Waals surface area (Å²) in [7, 11) is 0. The molecule has 32 heavy (non-hydrogen) atoms. The molecular formula is C25H25N3O4. The third-order valence-corrected chi connectivity index (χ3v) is 4.64. The van der Waals surface area contributed by atoms with E-state index in [0.29, 0.717) is 17.9 Å². The Bertz CT molecular complexity index is 1030. The largest absolute Gasteiger partial charge is 0.504 e. The van der Waals surface area contributed by atoms with Crippen LogP contribution in [0.15, 0.2) is 84.0 Å². The number of hydrogen-bond acceptors (Lipinski definition) is 5. The number of nitrogens with zero attached hydrogens (tertiary/aromatic N) is 1. The first-order valence-corrected chi connectivity index (χ1v) is 10.2. The van der Waals surface area contributed by atoms with Crippen LogP contribution in [0.3, 0.4) is 0 Å². The summed E-state index contributed by atoms with van der Waals surface area (Å²) < 4.78 is 5.32. The van der Waals surface area contributed by atoms with E-state index in [4.69, 9.17) is 4.74 Å². The van der Waals surface area contributed by atoms with Crippen LogP contribution in [0.2, 0.25) is 0 Å². The highest BCUT2D eigenvalue weighted by molar-refractivity contribution is 5.91. The average molecular weight is 431 g/mol. The molecule has 0 radical (unpaired) electrons. The Morgan fingerprint density at radius 2 is 1.62 bits per heavy atom. The van der Waals surface area contributed by atoms with Gasteiger partial charge >= 0.3 is 0 Å². The SMILES string of the molecule is CCOc1cc(/C=N/NC(=O)CNC(=O)C(c2ccccc2)c2ccccc2)ccc1O. The van der Waals surface area contributed by atoms with Crippen molar-refractivity contribution in [3.8, 4) is 11.5 Å². The zero-order valence-electron chi connectivity index (χ0n) is 17.7. The fourth-order valence-electron chi connectivity index (χ4n) is 3.16. The number of nitrogens with one attached hydrogen (secondary N) is 2. The van der Waals surface area contributed by atoms with Gasteiger partial charge in [-0.15, -0.1) is 0 Å². The Kier molecular flexibility index (Phi) is 7.97. The van der Waals surface area contributed by atoms with Gasteiger partial charge in [-0.2, -0.15) is 5.10 Å². The molecule has 7 nitrogen and oxygen atoms in total. The number of hydrogen-bond donors (Lipinski definition) is 3. The highest BCUT2D eigenvalue weighted by atomic mass is 16.5. The van der Waals surface area contributed by atoms with Crippen LogP contribution in [0.4, 0.5) is 0 Å². The minimum Gasteiger partial charge on any atom is -0.504 e. The molecule has 0 heterocycles. The number of carbonyl (C=O) groups is 2. The minimum atomic E-state index is -0.525. The molecule has 164 valence electrons. The summed E-state index contributed by atoms with van der Waals surface area (Å²) in [5, 5.41) is 16.3. The third-order valence-electron chi connectivity index (χ3n) is 4.64. The number of aromatic hydroxyl groups is 1. The highest BCUT2D eigenvalue weighted by Gasteiger charge is 2.22. The first kappa shape index (κ1) is 22.6. The van der Waals surface area contributed by atoms with Crippen LogP contribution < -0.4 is 15.5 Å². The Labute approximate surface area is 186 Å². The van der Waals surface area contributed by atoms with Crippen molar-refractivity contribution in [2.45, 2.75) is 12.8 Å². The molecule has 0 spiro atoms. The maximum absolute atomic E-state index is 12.9. The monoisotopic (exact) mass is 431 g/mol. The number of hydrazone groups is 1. The van der Waals surface area contributed by atoms with Gasteiger partial charge in [0.2, 0.25) is 5.91 Å². The molecular weight excluding hydrogens is 406 g/mol. The molecule has 0 saturated carbocycles. The van der Waals surface area contributed by atoms with Gasteiger partial charge in [-0.3, -0.25) is 9.59 Å². The van der Waals surface area contributed by atoms with Crippen LogP contribution in [0.5, 0.6) is 11.5 Å². The molecule has 0 saturated heterocycles. The number of benzene rings is 3. The van der Waals surface area contributed by atoms with Crippen molar-refractivity contribution < 1.29 is 19.4 Å². The first-order chi connectivity index (χ1) is 15.6. The van der Waals surface area contributed by atoms with Gasteiger partial charge in [0.05, 0.1) is 25.3 Å². The predicted molar refractivity (Wildman–Crippen MR) is 123 cm³/mol. The third kappa shape index (κ3) is 6.18. The van der Waals surface area contributed by atoms with E-state index in [2.05, 4.69) is 15.8 Å². The molecule has 3 N–H and O–H groups in total. The van der Waals surface area contributed by atoms with E-state index in [1.54, 1.807) is 12.1 Å². The van der Waals surface area contributed by atoms with Crippen LogP contribution in [-0.2, 0) is 9.59 Å². The summed E-state index contributed by atoms with van der Waals surface area (Å²) in [6, 6.07) is 23.6. The van der Waals surface area contributed by atoms with Gasteiger partial charge in [-0.25, -0.2) is 5.43 Å². The molecule has 7 heteroatoms. The van der Waals surface area contributed by atoms with E-state index in [9.17, 15) is 14.7 Å². The van der Waals surface area contributed by atoms with Crippen molar-refractivity contribution in [1.82, 2.24) is 10.7 Å². The lowest BCUT2D eigenvalue weighted by molar-refractivity contribution is -0.126. The molecule has 3 rings (SSSR count). The summed E-state index contributed by atoms with van der Waals surface area (Å²) in [5.41, 5.74) is 4.71. The number of carbonyl (C=O) groups excluding carboxylic acids is 2. The van der Waals surface area contributed by atoms with Gasteiger partial charge in [0.25, 0.3) is 5.91 Å². The van der Waals surface area contributed by atoms with Crippen molar-refractivity contribution in [2.24, 2.45) is 5.10 Å². The van der Waals surface area contributed by atoms with Crippen LogP contribution >= 0.6 is 0 Å². The Hall–Kier alpha value is -4.13. The van der Waals surface area contributed by atoms with Crippen molar-refractivity contribution in [2.75, 3.05) is 13.2 Å². The molecule has 0 bridgehead atoms. The van der Waals surface area contributed by atoms with Crippen LogP contribution in [-0.4, -0.2) is 36.3 Å². The summed E-state index contributed by atoms with van der Waals surface area (Å²) in [6.07, 6.45) is 1.43. The van der Waals surface area contributed by atoms with E-state index in [0.717, 1.165) is 11.1 Å². The lowest BCUT2D eigenvalue weighted by Gasteiger charge is -2.17. The van der Waals surface area contributed by atoms with Gasteiger partial charge in [-0.05, 0) is 41.8 Å². The quantitative estimate of drug-likeness (QED) is 0.358. The summed E-state index contributed by atoms with van der Waals surface area (Å²) in [5.74, 6) is -0.896. The number of phenols is 1. The standard InChI is InChI=1S/C25H25N3O4/c1-2-32-22-15-18(13-14-21(22)29)16-27-28-23(30)17-26-25(31)24(19-9-5-3-6-10-19)20-11-7-4-8-12-20/h3-16,24,29H,2,17H2,1H3,(H,26,31)(H,28,30)/b27-16+. The molecule has 0 aromatic heterocycles. The molecule has 2 amide bonds. The van der Waals surface area contributed by atoms with Crippen molar-refractivity contribution in [3.63, 3.8) is 0 Å². The molecule has 0 unspecified atom stereocenters. The molecule has 0 atom stereocenters. The van der Waals surface area contributed by atoms with Crippen LogP contribution in [0.25, 0.3) is 0 Å². The van der Waals surface area contributed by atoms with E-state index >= 15 is 0 Å². The fraction of sp³-hybridized carbons (Fsp3) is 0.160. The maximum Gasteiger partial charge on any atom is 0.259 e. The second-order valence-electron chi connectivity index (χ2n) is 6.93. The van der Waals surface area contributed by atoms with E-state index in [-0.39, 0.29) is 18.2 Å². The van der Waals surface area contributed by atoms with Crippen LogP contribution in [0.1, 0.15) is 29.5 Å². The summed E-state index contributed by atoms with van der Waals surface area (Å²) >= 11 is 0. The van der Waals surface area contributed by atoms with Gasteiger partial charge in [0.15, 0.2) is 11.5 Å². The average Bonchev–Trinajstić information content (AvgIpc) is 2.81. The Morgan fingerprint density at radius 3 is 2.22 bits per heavy atom. The van der Waals surface area contributed by atoms with E-state index < -0.39 is 11.8 Å². The number of phenolic OH excluding ortho intramolecular Hbond substituents is 1. The molecule has 0 aliphatic heterocycles. The zero-order valence-corrected chi connectivity index (χ0v) is 17.7. The number of amides is 2. The van der Waals surface area contributed by atoms with Gasteiger partial charge in [0, 0.05) is 0 Å². The zero-order chi connectivity index (χ0) is 22.8. The Balaban J connectivity index is 1.59. The highest BCUT2D eigenvalue weighted by Crippen LogP contribution is 2.26. The second-order valence-corrected chi connectivity index (χ2v) is 6.93. The number of rotatable bonds is 9. The molecule has 3 aromatic carbocycles. The molecule has 0 aliphatic rings. The second kappa shape index (κ2) is 11.3. The van der Waals surface area contributed by atoms with Crippen LogP contribution in [0, 0.1) is 0 Å². The lowest BCUT2D eigenvalue weighted by atomic mass is 9.90. The summed E-state index contributed by atoms with van der Waals surface area (Å²) in [6.45, 7) is 2.01. The van der Waals surface area contributed by atoms with Crippen molar-refractivity contribution in [1.29, 1.82) is 0 Å². The number of ether oxygens (including phenoxy) is 1. The summed E-state index contributed by atoms with van der Waals surface area (Å²) in [4.78, 5) is 25.1. The Morgan fingerprint density at radius 1 is 1.00 bits per heavy atom. The van der Waals surface area contributed by atoms with Gasteiger partial charge in [0.1, 0.15) is 0 Å². The van der Waals surface area contributed by atoms with Crippen molar-refractivity contribution >= 4 is 18.0 Å². The lowest BCUT2D eigenvalue weighted by Crippen LogP contribution is -2.37. The molecule has 0 aliphatic carbocycles. The predicted octanol–water partition coefficient (Wildman–Crippen LogP) is 3.19. The topological polar surface area (TPSA) is 100 Å². The fourth-order valence-corrected chi connectivity index (χ4v) is 3.16. The van der Waals surface area contributed by atoms with Gasteiger partial charge in [-0.1, -0.05) is 60.7 Å². The van der Waals surface area contributed by atoms with Gasteiger partial charge < -0.3 is 15.2 Å². The minimum absolute atomic E-state index is 0.0298.